The number of anilines is 6. The Kier molecular flexibility index (Phi) is 12.9. The molecular weight excluding hydrogens is 1230 g/mol. The number of hydrogen-bond acceptors (Lipinski definition) is 4. The van der Waals surface area contributed by atoms with E-state index in [1.165, 1.54) is 87.4 Å². The van der Waals surface area contributed by atoms with Gasteiger partial charge in [0.2, 0.25) is 0 Å². The number of aryl methyl sites for hydroxylation is 3. The largest absolute Gasteiger partial charge is 0.453 e. The number of hydrogen-bond donors (Lipinski definition) is 0. The molecule has 20 aromatic rings. The van der Waals surface area contributed by atoms with Crippen LogP contribution >= 0.6 is 0 Å². The second kappa shape index (κ2) is 22.3. The van der Waals surface area contributed by atoms with E-state index >= 15 is 0 Å². The minimum Gasteiger partial charge on any atom is -0.453 e. The lowest BCUT2D eigenvalue weighted by atomic mass is 9.89. The molecule has 0 N–H and O–H groups in total. The molecule has 0 saturated heterocycles. The van der Waals surface area contributed by atoms with Crippen molar-refractivity contribution in [1.82, 2.24) is 8.80 Å². The van der Waals surface area contributed by atoms with Crippen LogP contribution in [0.15, 0.2) is 318 Å². The van der Waals surface area contributed by atoms with Gasteiger partial charge >= 0.3 is 0 Å². The maximum absolute atomic E-state index is 7.36. The molecule has 6 nitrogen and oxygen atoms in total. The van der Waals surface area contributed by atoms with E-state index in [1.54, 1.807) is 0 Å². The third-order valence-electron chi connectivity index (χ3n) is 21.6. The van der Waals surface area contributed by atoms with Crippen LogP contribution in [0, 0.1) is 20.8 Å². The fourth-order valence-corrected chi connectivity index (χ4v) is 17.1. The smallest absolute Gasteiger partial charge is 0.159 e. The first-order valence-electron chi connectivity index (χ1n) is 34.9. The van der Waals surface area contributed by atoms with Crippen molar-refractivity contribution in [3.63, 3.8) is 0 Å². The maximum Gasteiger partial charge on any atom is 0.159 e. The van der Waals surface area contributed by atoms with Crippen LogP contribution in [0.25, 0.3) is 159 Å². The molecule has 0 amide bonds. The van der Waals surface area contributed by atoms with E-state index in [0.717, 1.165) is 134 Å². The van der Waals surface area contributed by atoms with E-state index in [2.05, 4.69) is 351 Å². The van der Waals surface area contributed by atoms with Crippen molar-refractivity contribution in [2.45, 2.75) is 34.6 Å². The lowest BCUT2D eigenvalue weighted by Gasteiger charge is -2.27. The first kappa shape index (κ1) is 58.3. The van der Waals surface area contributed by atoms with Gasteiger partial charge in [-0.15, -0.1) is 0 Å². The molecule has 0 bridgehead atoms. The topological polar surface area (TPSA) is 41.6 Å². The summed E-state index contributed by atoms with van der Waals surface area (Å²) in [5, 5.41) is 13.9. The average molecular weight is 1300 g/mol. The minimum absolute atomic E-state index is 0.830. The van der Waals surface area contributed by atoms with E-state index in [4.69, 9.17) is 8.83 Å². The van der Waals surface area contributed by atoms with Crippen LogP contribution in [-0.2, 0) is 0 Å². The van der Waals surface area contributed by atoms with Crippen LogP contribution in [0.3, 0.4) is 0 Å². The van der Waals surface area contributed by atoms with Crippen LogP contribution in [0.5, 0.6) is 0 Å². The number of para-hydroxylation sites is 6. The molecule has 0 spiro atoms. The van der Waals surface area contributed by atoms with Gasteiger partial charge in [-0.2, -0.15) is 0 Å². The first-order valence-corrected chi connectivity index (χ1v) is 34.9. The van der Waals surface area contributed by atoms with Gasteiger partial charge in [-0.25, -0.2) is 0 Å². The Bertz CT molecular complexity index is 6880. The highest BCUT2D eigenvalue weighted by Crippen LogP contribution is 2.56. The summed E-state index contributed by atoms with van der Waals surface area (Å²) in [7, 11) is 0. The van der Waals surface area contributed by atoms with E-state index in [1.807, 2.05) is 6.08 Å². The van der Waals surface area contributed by atoms with E-state index in [9.17, 15) is 0 Å². The zero-order chi connectivity index (χ0) is 67.5. The Balaban J connectivity index is 0.888. The third kappa shape index (κ3) is 8.33. The summed E-state index contributed by atoms with van der Waals surface area (Å²) in [5.74, 6) is 0. The monoisotopic (exact) mass is 1290 g/mol. The van der Waals surface area contributed by atoms with Gasteiger partial charge in [-0.1, -0.05) is 255 Å². The van der Waals surface area contributed by atoms with Crippen LogP contribution in [0.2, 0.25) is 0 Å². The standard InChI is InChI=1S/C95H66N4O2/c1-7-27-66(56(3)8-2)72-40-25-42-74-76-50-46-58(5)86(94(76)100-92(72)74)96(62-33-17-11-18-34-62)64-48-52-68-70-38-23-44-78-84-83(61-31-15-10-16-32-61)91-85(82(60-29-13-9-14-30-60)90(84)98(88(70)78)80(68)54-64)79-45-24-39-71-69-53-49-65(55-81(69)99(91)89(71)79)97(63-35-19-12-20-36-63)87-59(6)47-51-77-75-43-26-41-73(93(75)101-95(77)87)67-37-22-21-28-57(67)4/h7-55H,2H2,1,3-6H3/b27-7-,66-56+. The van der Waals surface area contributed by atoms with Gasteiger partial charge in [-0.05, 0) is 128 Å². The lowest BCUT2D eigenvalue weighted by Crippen LogP contribution is -2.11. The Hall–Kier alpha value is -12.9. The number of furan rings is 2. The summed E-state index contributed by atoms with van der Waals surface area (Å²) in [6, 6.07) is 103. The Morgan fingerprint density at radius 1 is 0.356 bits per heavy atom. The van der Waals surface area contributed by atoms with E-state index in [0.29, 0.717) is 0 Å². The number of rotatable bonds is 12. The number of fused-ring (bicyclic) bond motifs is 18. The predicted molar refractivity (Wildman–Crippen MR) is 428 cm³/mol. The molecule has 20 rings (SSSR count). The second-order valence-electron chi connectivity index (χ2n) is 27.1. The number of nitrogens with zero attached hydrogens (tertiary/aromatic N) is 4. The molecule has 478 valence electrons. The first-order chi connectivity index (χ1) is 49.8. The zero-order valence-electron chi connectivity index (χ0n) is 56.6. The number of aromatic nitrogens is 2. The van der Waals surface area contributed by atoms with Crippen LogP contribution in [-0.4, -0.2) is 8.80 Å². The summed E-state index contributed by atoms with van der Waals surface area (Å²) in [4.78, 5) is 4.85. The van der Waals surface area contributed by atoms with Crippen LogP contribution in [0.1, 0.15) is 36.1 Å². The van der Waals surface area contributed by atoms with Gasteiger partial charge in [0.05, 0.1) is 44.5 Å². The molecule has 0 fully saturated rings. The summed E-state index contributed by atoms with van der Waals surface area (Å²) in [6.45, 7) is 15.0. The van der Waals surface area contributed by atoms with Crippen molar-refractivity contribution < 1.29 is 8.83 Å². The van der Waals surface area contributed by atoms with E-state index < -0.39 is 0 Å². The SMILES string of the molecule is C=C/C(C)=C(\C=C/C)c1cccc2c1oc1c(N(c3ccccc3)c3ccc4c5cccc6c7c(-c8ccccc8)c8c(c(-c9ccccc9)c7n(c4c3)c56)c3cccc4c5ccc(N(c6ccccc6)c6c(C)ccc7c6oc6c(-c9ccccc9C)cccc67)cc5n8c43)c(C)ccc12. The molecule has 6 heteroatoms. The highest BCUT2D eigenvalue weighted by molar-refractivity contribution is 6.38. The molecule has 6 aromatic heterocycles. The maximum atomic E-state index is 7.36. The summed E-state index contributed by atoms with van der Waals surface area (Å²) < 4.78 is 20.0. The molecule has 0 atom stereocenters. The molecule has 0 saturated carbocycles. The predicted octanol–water partition coefficient (Wildman–Crippen LogP) is 27.2. The third-order valence-corrected chi connectivity index (χ3v) is 21.6. The number of benzene rings is 14. The van der Waals surface area contributed by atoms with Crippen LogP contribution in [0.4, 0.5) is 34.1 Å². The van der Waals surface area contributed by atoms with Gasteiger partial charge in [0.1, 0.15) is 11.2 Å². The van der Waals surface area contributed by atoms with Gasteiger partial charge < -0.3 is 27.4 Å². The molecule has 0 aliphatic heterocycles. The van der Waals surface area contributed by atoms with Crippen molar-refractivity contribution in [2.24, 2.45) is 0 Å². The summed E-state index contributed by atoms with van der Waals surface area (Å²) in [5.41, 5.74) is 30.0. The van der Waals surface area contributed by atoms with E-state index in [-0.39, 0.29) is 0 Å². The zero-order valence-corrected chi connectivity index (χ0v) is 56.6. The van der Waals surface area contributed by atoms with Crippen molar-refractivity contribution in [3.8, 4) is 33.4 Å². The molecule has 6 heterocycles. The second-order valence-corrected chi connectivity index (χ2v) is 27.1. The molecule has 0 unspecified atom stereocenters. The Morgan fingerprint density at radius 2 is 0.772 bits per heavy atom. The molecular formula is C95H66N4O2. The van der Waals surface area contributed by atoms with Crippen molar-refractivity contribution in [3.05, 3.63) is 332 Å². The average Bonchev–Trinajstić information content (AvgIpc) is 1.50. The molecule has 101 heavy (non-hydrogen) atoms. The van der Waals surface area contributed by atoms with Gasteiger partial charge in [-0.3, -0.25) is 0 Å². The summed E-state index contributed by atoms with van der Waals surface area (Å²) >= 11 is 0. The Morgan fingerprint density at radius 3 is 1.28 bits per heavy atom. The fourth-order valence-electron chi connectivity index (χ4n) is 17.1. The molecule has 0 radical (unpaired) electrons. The number of allylic oxidation sites excluding steroid dienone is 5. The molecule has 0 aliphatic carbocycles. The summed E-state index contributed by atoms with van der Waals surface area (Å²) in [6.07, 6.45) is 6.18. The minimum atomic E-state index is 0.830. The van der Waals surface area contributed by atoms with Crippen molar-refractivity contribution in [1.29, 1.82) is 0 Å². The van der Waals surface area contributed by atoms with Crippen LogP contribution < -0.4 is 9.80 Å². The van der Waals surface area contributed by atoms with Crippen molar-refractivity contribution >= 4 is 160 Å². The molecule has 14 aromatic carbocycles. The Labute approximate surface area is 583 Å². The fraction of sp³-hybridized carbons (Fsp3) is 0.0526. The van der Waals surface area contributed by atoms with Crippen molar-refractivity contribution in [2.75, 3.05) is 9.80 Å². The van der Waals surface area contributed by atoms with Gasteiger partial charge in [0.25, 0.3) is 0 Å². The highest BCUT2D eigenvalue weighted by Gasteiger charge is 2.33. The molecule has 0 aliphatic rings. The lowest BCUT2D eigenvalue weighted by molar-refractivity contribution is 0.667. The van der Waals surface area contributed by atoms with Gasteiger partial charge in [0, 0.05) is 110 Å². The normalized spacial score (nSPS) is 12.6. The van der Waals surface area contributed by atoms with Gasteiger partial charge in [0.15, 0.2) is 11.2 Å². The quantitative estimate of drug-likeness (QED) is 0.114. The highest BCUT2D eigenvalue weighted by atomic mass is 16.3.